The van der Waals surface area contributed by atoms with E-state index in [9.17, 15) is 9.50 Å². The molecule has 3 aromatic carbocycles. The van der Waals surface area contributed by atoms with Crippen LogP contribution in [0.2, 0.25) is 0 Å². The smallest absolute Gasteiger partial charge is 0.220 e. The molecule has 0 unspecified atom stereocenters. The molecule has 1 aromatic heterocycles. The van der Waals surface area contributed by atoms with Crippen molar-refractivity contribution in [2.45, 2.75) is 6.61 Å². The zero-order chi connectivity index (χ0) is 21.1. The molecule has 0 saturated heterocycles. The number of hydrogen-bond acceptors (Lipinski definition) is 5. The van der Waals surface area contributed by atoms with E-state index in [2.05, 4.69) is 25.9 Å². The molecule has 0 spiro atoms. The van der Waals surface area contributed by atoms with Gasteiger partial charge in [0.2, 0.25) is 5.95 Å². The van der Waals surface area contributed by atoms with Gasteiger partial charge < -0.3 is 15.6 Å². The van der Waals surface area contributed by atoms with E-state index in [1.165, 1.54) is 12.1 Å². The molecule has 0 aliphatic carbocycles. The summed E-state index contributed by atoms with van der Waals surface area (Å²) in [5.41, 5.74) is 8.83. The van der Waals surface area contributed by atoms with E-state index in [1.54, 1.807) is 36.5 Å². The first-order valence-corrected chi connectivity index (χ1v) is 9.88. The van der Waals surface area contributed by atoms with Crippen molar-refractivity contribution in [2.75, 3.05) is 5.73 Å². The Morgan fingerprint density at radius 1 is 1.00 bits per heavy atom. The summed E-state index contributed by atoms with van der Waals surface area (Å²) in [6.07, 6.45) is 1.63. The number of halogens is 2. The van der Waals surface area contributed by atoms with Crippen LogP contribution in [0.15, 0.2) is 77.4 Å². The number of aromatic hydroxyl groups is 1. The number of ether oxygens (including phenoxy) is 1. The Labute approximate surface area is 181 Å². The van der Waals surface area contributed by atoms with Gasteiger partial charge in [-0.25, -0.2) is 14.4 Å². The molecule has 0 aliphatic heterocycles. The molecule has 30 heavy (non-hydrogen) atoms. The summed E-state index contributed by atoms with van der Waals surface area (Å²) in [7, 11) is 0. The highest BCUT2D eigenvalue weighted by molar-refractivity contribution is 9.10. The fourth-order valence-corrected chi connectivity index (χ4v) is 3.28. The van der Waals surface area contributed by atoms with Crippen molar-refractivity contribution in [3.63, 3.8) is 0 Å². The zero-order valence-electron chi connectivity index (χ0n) is 15.7. The van der Waals surface area contributed by atoms with Gasteiger partial charge in [-0.3, -0.25) is 0 Å². The van der Waals surface area contributed by atoms with Crippen LogP contribution in [0.25, 0.3) is 22.4 Å². The highest BCUT2D eigenvalue weighted by Crippen LogP contribution is 2.37. The maximum absolute atomic E-state index is 13.8. The number of rotatable bonds is 5. The average molecular weight is 466 g/mol. The molecule has 0 bridgehead atoms. The Balaban J connectivity index is 1.65. The van der Waals surface area contributed by atoms with Crippen molar-refractivity contribution in [3.05, 3.63) is 88.8 Å². The first kappa shape index (κ1) is 19.8. The monoisotopic (exact) mass is 465 g/mol. The van der Waals surface area contributed by atoms with Gasteiger partial charge in [0.1, 0.15) is 23.9 Å². The average Bonchev–Trinajstić information content (AvgIpc) is 2.74. The molecule has 0 fully saturated rings. The number of phenolic OH excluding ortho intramolecular Hbond substituents is 1. The van der Waals surface area contributed by atoms with Gasteiger partial charge in [0, 0.05) is 33.4 Å². The van der Waals surface area contributed by atoms with Gasteiger partial charge in [0.15, 0.2) is 0 Å². The lowest BCUT2D eigenvalue weighted by molar-refractivity contribution is 0.298. The van der Waals surface area contributed by atoms with Crippen molar-refractivity contribution in [3.8, 4) is 33.9 Å². The molecule has 0 saturated carbocycles. The molecule has 0 amide bonds. The summed E-state index contributed by atoms with van der Waals surface area (Å²) >= 11 is 3.42. The Morgan fingerprint density at radius 2 is 1.77 bits per heavy atom. The quantitative estimate of drug-likeness (QED) is 0.402. The highest BCUT2D eigenvalue weighted by Gasteiger charge is 2.15. The Bertz CT molecular complexity index is 1200. The van der Waals surface area contributed by atoms with Gasteiger partial charge in [-0.2, -0.15) is 0 Å². The van der Waals surface area contributed by atoms with Crippen molar-refractivity contribution in [1.82, 2.24) is 9.97 Å². The first-order chi connectivity index (χ1) is 14.5. The molecule has 7 heteroatoms. The molecule has 0 atom stereocenters. The van der Waals surface area contributed by atoms with Gasteiger partial charge in [-0.15, -0.1) is 0 Å². The van der Waals surface area contributed by atoms with Crippen molar-refractivity contribution in [2.24, 2.45) is 0 Å². The topological polar surface area (TPSA) is 81.3 Å². The number of phenols is 1. The Kier molecular flexibility index (Phi) is 5.63. The normalized spacial score (nSPS) is 10.7. The molecular formula is C23H17BrFN3O2. The van der Waals surface area contributed by atoms with E-state index in [4.69, 9.17) is 10.5 Å². The number of anilines is 1. The molecule has 1 heterocycles. The zero-order valence-corrected chi connectivity index (χ0v) is 17.3. The minimum Gasteiger partial charge on any atom is -0.507 e. The van der Waals surface area contributed by atoms with Crippen LogP contribution in [-0.2, 0) is 6.61 Å². The van der Waals surface area contributed by atoms with Crippen LogP contribution in [-0.4, -0.2) is 15.1 Å². The van der Waals surface area contributed by atoms with Crippen molar-refractivity contribution in [1.29, 1.82) is 0 Å². The van der Waals surface area contributed by atoms with Gasteiger partial charge in [0.25, 0.3) is 0 Å². The number of hydrogen-bond donors (Lipinski definition) is 2. The van der Waals surface area contributed by atoms with Crippen LogP contribution in [0, 0.1) is 5.82 Å². The van der Waals surface area contributed by atoms with Gasteiger partial charge in [-0.1, -0.05) is 46.3 Å². The van der Waals surface area contributed by atoms with Gasteiger partial charge in [0.05, 0.1) is 5.69 Å². The number of nitrogens with zero attached hydrogens (tertiary/aromatic N) is 2. The summed E-state index contributed by atoms with van der Waals surface area (Å²) in [4.78, 5) is 8.44. The lowest BCUT2D eigenvalue weighted by Crippen LogP contribution is -2.00. The number of benzene rings is 3. The number of aromatic nitrogens is 2. The molecule has 3 N–H and O–H groups in total. The summed E-state index contributed by atoms with van der Waals surface area (Å²) in [5.74, 6) is 0.142. The van der Waals surface area contributed by atoms with Crippen LogP contribution >= 0.6 is 15.9 Å². The van der Waals surface area contributed by atoms with Crippen LogP contribution in [0.3, 0.4) is 0 Å². The molecule has 4 aromatic rings. The Morgan fingerprint density at radius 3 is 2.50 bits per heavy atom. The lowest BCUT2D eigenvalue weighted by Gasteiger charge is -2.13. The minimum atomic E-state index is -0.339. The SMILES string of the molecule is Nc1ncc(-c2ccc(Br)cc2)c(-c2ccc(OCc3ccccc3F)cc2O)n1. The van der Waals surface area contributed by atoms with E-state index in [1.807, 2.05) is 24.3 Å². The second-order valence-electron chi connectivity index (χ2n) is 6.56. The summed E-state index contributed by atoms with van der Waals surface area (Å²) in [5, 5.41) is 10.6. The fourth-order valence-electron chi connectivity index (χ4n) is 3.02. The standard InChI is InChI=1S/C23H17BrFN3O2/c24-16-7-5-14(6-8-16)19-12-27-23(26)28-22(19)18-10-9-17(11-21(18)29)30-13-15-3-1-2-4-20(15)25/h1-12,29H,13H2,(H2,26,27,28). The van der Waals surface area contributed by atoms with E-state index >= 15 is 0 Å². The summed E-state index contributed by atoms with van der Waals surface area (Å²) in [6, 6.07) is 18.9. The fraction of sp³-hybridized carbons (Fsp3) is 0.0435. The van der Waals surface area contributed by atoms with E-state index in [0.29, 0.717) is 22.6 Å². The molecule has 4 rings (SSSR count). The van der Waals surface area contributed by atoms with E-state index in [-0.39, 0.29) is 24.1 Å². The largest absolute Gasteiger partial charge is 0.507 e. The van der Waals surface area contributed by atoms with Crippen LogP contribution in [0.4, 0.5) is 10.3 Å². The predicted octanol–water partition coefficient (Wildman–Crippen LogP) is 5.58. The third-order valence-electron chi connectivity index (χ3n) is 4.54. The van der Waals surface area contributed by atoms with Crippen molar-refractivity contribution >= 4 is 21.9 Å². The van der Waals surface area contributed by atoms with Crippen LogP contribution < -0.4 is 10.5 Å². The van der Waals surface area contributed by atoms with E-state index < -0.39 is 0 Å². The second kappa shape index (κ2) is 8.51. The van der Waals surface area contributed by atoms with E-state index in [0.717, 1.165) is 15.6 Å². The summed E-state index contributed by atoms with van der Waals surface area (Å²) in [6.45, 7) is 0.0516. The van der Waals surface area contributed by atoms with Crippen molar-refractivity contribution < 1.29 is 14.2 Å². The van der Waals surface area contributed by atoms with Crippen LogP contribution in [0.5, 0.6) is 11.5 Å². The third-order valence-corrected chi connectivity index (χ3v) is 5.07. The molecule has 0 radical (unpaired) electrons. The third kappa shape index (κ3) is 4.26. The second-order valence-corrected chi connectivity index (χ2v) is 7.47. The highest BCUT2D eigenvalue weighted by atomic mass is 79.9. The summed E-state index contributed by atoms with van der Waals surface area (Å²) < 4.78 is 20.3. The maximum atomic E-state index is 13.8. The number of nitrogens with two attached hydrogens (primary N) is 1. The lowest BCUT2D eigenvalue weighted by atomic mass is 10.00. The minimum absolute atomic E-state index is 0.0301. The molecule has 0 aliphatic rings. The molecular weight excluding hydrogens is 449 g/mol. The number of nitrogen functional groups attached to an aromatic ring is 1. The van der Waals surface area contributed by atoms with Gasteiger partial charge in [-0.05, 0) is 35.9 Å². The predicted molar refractivity (Wildman–Crippen MR) is 117 cm³/mol. The molecule has 150 valence electrons. The van der Waals surface area contributed by atoms with Crippen LogP contribution in [0.1, 0.15) is 5.56 Å². The first-order valence-electron chi connectivity index (χ1n) is 9.09. The molecule has 5 nitrogen and oxygen atoms in total. The Hall–Kier alpha value is -3.45. The van der Waals surface area contributed by atoms with Gasteiger partial charge >= 0.3 is 0 Å². The maximum Gasteiger partial charge on any atom is 0.220 e.